The molecule has 0 saturated carbocycles. The average molecular weight is 310 g/mol. The third-order valence-corrected chi connectivity index (χ3v) is 4.61. The molecule has 0 N–H and O–H groups in total. The molecule has 0 amide bonds. The first kappa shape index (κ1) is 17.4. The summed E-state index contributed by atoms with van der Waals surface area (Å²) in [6.45, 7) is 6.90. The second kappa shape index (κ2) is 8.05. The Balaban J connectivity index is 2.04. The molecule has 1 unspecified atom stereocenters. The minimum atomic E-state index is 0.565. The van der Waals surface area contributed by atoms with Crippen molar-refractivity contribution in [2.75, 3.05) is 23.9 Å². The molecule has 0 radical (unpaired) electrons. The second-order valence-corrected chi connectivity index (χ2v) is 6.84. The number of hydrogen-bond donors (Lipinski definition) is 0. The summed E-state index contributed by atoms with van der Waals surface area (Å²) in [5, 5.41) is 0. The number of benzene rings is 2. The largest absolute Gasteiger partial charge is 0.372 e. The molecule has 2 rings (SSSR count). The highest BCUT2D eigenvalue weighted by Gasteiger charge is 2.11. The fourth-order valence-electron chi connectivity index (χ4n) is 2.73. The highest BCUT2D eigenvalue weighted by molar-refractivity contribution is 5.65. The van der Waals surface area contributed by atoms with Gasteiger partial charge in [0, 0.05) is 37.2 Å². The van der Waals surface area contributed by atoms with Crippen molar-refractivity contribution in [2.24, 2.45) is 5.92 Å². The van der Waals surface area contributed by atoms with Gasteiger partial charge in [0.2, 0.25) is 0 Å². The normalized spacial score (nSPS) is 12.3. The van der Waals surface area contributed by atoms with Crippen molar-refractivity contribution in [1.29, 1.82) is 0 Å². The average Bonchev–Trinajstić information content (AvgIpc) is 2.59. The van der Waals surface area contributed by atoms with Crippen LogP contribution in [0.2, 0.25) is 0 Å². The minimum Gasteiger partial charge on any atom is -0.372 e. The number of rotatable bonds is 7. The zero-order chi connectivity index (χ0) is 16.8. The molecular formula is C21H30N2. The predicted octanol–water partition coefficient (Wildman–Crippen LogP) is 5.72. The molecule has 2 heteroatoms. The number of anilines is 3. The fourth-order valence-corrected chi connectivity index (χ4v) is 2.73. The van der Waals surface area contributed by atoms with Crippen LogP contribution in [0.4, 0.5) is 17.1 Å². The molecule has 0 aliphatic carbocycles. The van der Waals surface area contributed by atoms with Crippen molar-refractivity contribution in [3.05, 3.63) is 54.6 Å². The molecule has 23 heavy (non-hydrogen) atoms. The van der Waals surface area contributed by atoms with E-state index in [2.05, 4.69) is 93.2 Å². The van der Waals surface area contributed by atoms with Gasteiger partial charge in [0.05, 0.1) is 0 Å². The van der Waals surface area contributed by atoms with Crippen molar-refractivity contribution in [1.82, 2.24) is 0 Å². The van der Waals surface area contributed by atoms with E-state index in [0.29, 0.717) is 6.04 Å². The van der Waals surface area contributed by atoms with Gasteiger partial charge >= 0.3 is 0 Å². The Kier molecular flexibility index (Phi) is 6.09. The third-order valence-electron chi connectivity index (χ3n) is 4.61. The lowest BCUT2D eigenvalue weighted by Crippen LogP contribution is -2.29. The van der Waals surface area contributed by atoms with Crippen LogP contribution in [-0.4, -0.2) is 20.1 Å². The second-order valence-electron chi connectivity index (χ2n) is 6.84. The van der Waals surface area contributed by atoms with Gasteiger partial charge in [-0.15, -0.1) is 0 Å². The number of hydrogen-bond acceptors (Lipinski definition) is 2. The quantitative estimate of drug-likeness (QED) is 0.645. The van der Waals surface area contributed by atoms with Crippen LogP contribution in [0, 0.1) is 5.92 Å². The van der Waals surface area contributed by atoms with Crippen LogP contribution in [0.3, 0.4) is 0 Å². The lowest BCUT2D eigenvalue weighted by Gasteiger charge is -2.28. The van der Waals surface area contributed by atoms with Crippen molar-refractivity contribution < 1.29 is 0 Å². The lowest BCUT2D eigenvalue weighted by atomic mass is 10.0. The summed E-state index contributed by atoms with van der Waals surface area (Å²) >= 11 is 0. The van der Waals surface area contributed by atoms with Gasteiger partial charge < -0.3 is 9.80 Å². The molecule has 124 valence electrons. The van der Waals surface area contributed by atoms with E-state index < -0.39 is 0 Å². The van der Waals surface area contributed by atoms with Crippen LogP contribution in [0.5, 0.6) is 0 Å². The smallest absolute Gasteiger partial charge is 0.0409 e. The van der Waals surface area contributed by atoms with Gasteiger partial charge in [-0.2, -0.15) is 0 Å². The summed E-state index contributed by atoms with van der Waals surface area (Å²) in [7, 11) is 4.31. The molecule has 0 heterocycles. The Bertz CT molecular complexity index is 575. The van der Waals surface area contributed by atoms with Gasteiger partial charge in [0.15, 0.2) is 0 Å². The summed E-state index contributed by atoms with van der Waals surface area (Å²) in [6, 6.07) is 19.9. The first-order chi connectivity index (χ1) is 11.0. The van der Waals surface area contributed by atoms with Gasteiger partial charge in [-0.3, -0.25) is 0 Å². The molecule has 0 bridgehead atoms. The third kappa shape index (κ3) is 4.75. The van der Waals surface area contributed by atoms with E-state index in [-0.39, 0.29) is 0 Å². The van der Waals surface area contributed by atoms with Crippen molar-refractivity contribution >= 4 is 17.1 Å². The van der Waals surface area contributed by atoms with Crippen LogP contribution in [0.1, 0.15) is 33.6 Å². The molecule has 0 spiro atoms. The number of para-hydroxylation sites is 1. The van der Waals surface area contributed by atoms with E-state index in [4.69, 9.17) is 0 Å². The maximum Gasteiger partial charge on any atom is 0.0409 e. The van der Waals surface area contributed by atoms with Crippen LogP contribution in [-0.2, 0) is 0 Å². The van der Waals surface area contributed by atoms with Crippen molar-refractivity contribution in [2.45, 2.75) is 39.7 Å². The van der Waals surface area contributed by atoms with Gasteiger partial charge in [0.1, 0.15) is 0 Å². The summed E-state index contributed by atoms with van der Waals surface area (Å²) in [4.78, 5) is 4.60. The van der Waals surface area contributed by atoms with E-state index in [9.17, 15) is 0 Å². The topological polar surface area (TPSA) is 6.48 Å². The zero-order valence-corrected chi connectivity index (χ0v) is 15.2. The molecular weight excluding hydrogens is 280 g/mol. The fraction of sp³-hybridized carbons (Fsp3) is 0.429. The molecule has 2 aromatic carbocycles. The molecule has 0 aliphatic heterocycles. The summed E-state index contributed by atoms with van der Waals surface area (Å²) < 4.78 is 0. The lowest BCUT2D eigenvalue weighted by molar-refractivity contribution is 0.503. The standard InChI is InChI=1S/C21H30N2/c1-17(2)11-12-18(3)22(4)20-13-15-21(16-14-20)23(5)19-9-7-6-8-10-19/h6-10,13-18H,11-12H2,1-5H3. The molecule has 0 aromatic heterocycles. The van der Waals surface area contributed by atoms with Crippen molar-refractivity contribution in [3.8, 4) is 0 Å². The highest BCUT2D eigenvalue weighted by Crippen LogP contribution is 2.26. The van der Waals surface area contributed by atoms with E-state index in [0.717, 1.165) is 5.92 Å². The van der Waals surface area contributed by atoms with Gasteiger partial charge in [-0.1, -0.05) is 32.0 Å². The molecule has 0 fully saturated rings. The van der Waals surface area contributed by atoms with E-state index in [1.807, 2.05) is 6.07 Å². The maximum atomic E-state index is 2.38. The van der Waals surface area contributed by atoms with E-state index in [1.54, 1.807) is 0 Å². The Morgan fingerprint density at radius 3 is 1.78 bits per heavy atom. The Hall–Kier alpha value is -1.96. The molecule has 2 aromatic rings. The van der Waals surface area contributed by atoms with Crippen LogP contribution < -0.4 is 9.80 Å². The van der Waals surface area contributed by atoms with Crippen LogP contribution in [0.15, 0.2) is 54.6 Å². The highest BCUT2D eigenvalue weighted by atomic mass is 15.1. The molecule has 0 saturated heterocycles. The Morgan fingerprint density at radius 1 is 0.696 bits per heavy atom. The molecule has 0 aliphatic rings. The van der Waals surface area contributed by atoms with E-state index in [1.165, 1.54) is 29.9 Å². The zero-order valence-electron chi connectivity index (χ0n) is 15.2. The first-order valence-electron chi connectivity index (χ1n) is 8.60. The Labute approximate surface area is 141 Å². The van der Waals surface area contributed by atoms with Crippen LogP contribution >= 0.6 is 0 Å². The van der Waals surface area contributed by atoms with Gasteiger partial charge in [0.25, 0.3) is 0 Å². The van der Waals surface area contributed by atoms with Gasteiger partial charge in [-0.05, 0) is 62.1 Å². The summed E-state index contributed by atoms with van der Waals surface area (Å²) in [5.74, 6) is 0.771. The Morgan fingerprint density at radius 2 is 1.22 bits per heavy atom. The first-order valence-corrected chi connectivity index (χ1v) is 8.60. The summed E-state index contributed by atoms with van der Waals surface area (Å²) in [5.41, 5.74) is 3.70. The van der Waals surface area contributed by atoms with E-state index >= 15 is 0 Å². The number of nitrogens with zero attached hydrogens (tertiary/aromatic N) is 2. The summed E-state index contributed by atoms with van der Waals surface area (Å²) in [6.07, 6.45) is 2.51. The van der Waals surface area contributed by atoms with Crippen molar-refractivity contribution in [3.63, 3.8) is 0 Å². The SMILES string of the molecule is CC(C)CCC(C)N(C)c1ccc(N(C)c2ccccc2)cc1. The monoisotopic (exact) mass is 310 g/mol. The predicted molar refractivity (Wildman–Crippen MR) is 103 cm³/mol. The molecule has 2 nitrogen and oxygen atoms in total. The molecule has 1 atom stereocenters. The maximum absolute atomic E-state index is 2.38. The van der Waals surface area contributed by atoms with Gasteiger partial charge in [-0.25, -0.2) is 0 Å². The van der Waals surface area contributed by atoms with Crippen LogP contribution in [0.25, 0.3) is 0 Å². The minimum absolute atomic E-state index is 0.565.